The second kappa shape index (κ2) is 6.91. The molecule has 4 aromatic rings. The molecule has 0 N–H and O–H groups in total. The number of hydrogen-bond donors (Lipinski definition) is 0. The van der Waals surface area contributed by atoms with Gasteiger partial charge in [-0.2, -0.15) is 5.10 Å². The van der Waals surface area contributed by atoms with Crippen LogP contribution in [0.2, 0.25) is 19.6 Å². The number of fused-ring (bicyclic) bond motifs is 1. The van der Waals surface area contributed by atoms with E-state index in [-0.39, 0.29) is 20.1 Å². The Balaban J connectivity index is 0.00000196. The van der Waals surface area contributed by atoms with Crippen molar-refractivity contribution in [3.8, 4) is 17.1 Å². The molecule has 2 aromatic heterocycles. The first-order chi connectivity index (χ1) is 11.9. The van der Waals surface area contributed by atoms with Crippen LogP contribution in [0.5, 0.6) is 0 Å². The Labute approximate surface area is 166 Å². The third kappa shape index (κ3) is 3.30. The monoisotopic (exact) mass is 540 g/mol. The van der Waals surface area contributed by atoms with Crippen molar-refractivity contribution in [2.45, 2.75) is 26.6 Å². The van der Waals surface area contributed by atoms with E-state index in [9.17, 15) is 0 Å². The Hall–Kier alpha value is -2.08. The van der Waals surface area contributed by atoms with Crippen LogP contribution in [-0.4, -0.2) is 27.8 Å². The minimum absolute atomic E-state index is 0. The normalized spacial score (nSPS) is 11.5. The van der Waals surface area contributed by atoms with Crippen molar-refractivity contribution in [2.24, 2.45) is 0 Å². The van der Waals surface area contributed by atoms with Gasteiger partial charge in [0.15, 0.2) is 5.89 Å². The summed E-state index contributed by atoms with van der Waals surface area (Å²) in [4.78, 5) is 4.41. The van der Waals surface area contributed by atoms with Crippen molar-refractivity contribution < 1.29 is 24.5 Å². The van der Waals surface area contributed by atoms with Crippen molar-refractivity contribution >= 4 is 24.4 Å². The standard InChI is InChI=1S/C19H19N4OSi.Ir/c1-13-21-15-11-14(9-10-17(15)24-13)19-22-20-12-23(19)16-7-5-6-8-18(16)25(2,3)4;/h5-8,10-12H,1-4H3;/q-1;. The topological polar surface area (TPSA) is 56.7 Å². The van der Waals surface area contributed by atoms with Crippen molar-refractivity contribution in [3.05, 3.63) is 54.7 Å². The second-order valence-electron chi connectivity index (χ2n) is 7.12. The van der Waals surface area contributed by atoms with Crippen LogP contribution in [0, 0.1) is 13.0 Å². The molecule has 2 aromatic carbocycles. The van der Waals surface area contributed by atoms with E-state index < -0.39 is 8.07 Å². The predicted molar refractivity (Wildman–Crippen MR) is 101 cm³/mol. The van der Waals surface area contributed by atoms with Crippen LogP contribution in [0.3, 0.4) is 0 Å². The zero-order valence-electron chi connectivity index (χ0n) is 15.1. The van der Waals surface area contributed by atoms with Crippen LogP contribution >= 0.6 is 0 Å². The summed E-state index contributed by atoms with van der Waals surface area (Å²) in [5.74, 6) is 1.40. The summed E-state index contributed by atoms with van der Waals surface area (Å²) in [6, 6.07) is 15.5. The molecular weight excluding hydrogens is 521 g/mol. The summed E-state index contributed by atoms with van der Waals surface area (Å²) in [6.45, 7) is 8.86. The average Bonchev–Trinajstić information content (AvgIpc) is 3.18. The van der Waals surface area contributed by atoms with Gasteiger partial charge in [-0.3, -0.25) is 0 Å². The maximum absolute atomic E-state index is 5.54. The van der Waals surface area contributed by atoms with Crippen LogP contribution in [0.1, 0.15) is 5.89 Å². The van der Waals surface area contributed by atoms with Gasteiger partial charge < -0.3 is 8.98 Å². The predicted octanol–water partition coefficient (Wildman–Crippen LogP) is 3.73. The number of para-hydroxylation sites is 1. The fraction of sp³-hybridized carbons (Fsp3) is 0.211. The third-order valence-corrected chi connectivity index (χ3v) is 6.23. The molecule has 26 heavy (non-hydrogen) atoms. The summed E-state index contributed by atoms with van der Waals surface area (Å²) >= 11 is 0. The summed E-state index contributed by atoms with van der Waals surface area (Å²) in [5.41, 5.74) is 3.52. The maximum atomic E-state index is 5.54. The molecule has 135 valence electrons. The van der Waals surface area contributed by atoms with Crippen molar-refractivity contribution in [3.63, 3.8) is 0 Å². The Kier molecular flexibility index (Phi) is 4.97. The van der Waals surface area contributed by atoms with Crippen LogP contribution in [0.4, 0.5) is 0 Å². The first kappa shape index (κ1) is 18.7. The number of benzene rings is 2. The van der Waals surface area contributed by atoms with Crippen LogP contribution in [-0.2, 0) is 20.1 Å². The number of aromatic nitrogens is 4. The molecule has 0 saturated heterocycles. The number of hydrogen-bond acceptors (Lipinski definition) is 4. The SMILES string of the molecule is Cc1nc2cc(-c3nncn3-c3ccccc3[Si](C)(C)C)[c-]cc2o1.[Ir]. The molecule has 0 aliphatic rings. The van der Waals surface area contributed by atoms with E-state index in [0.29, 0.717) is 5.89 Å². The molecule has 0 aliphatic heterocycles. The molecule has 0 saturated carbocycles. The van der Waals surface area contributed by atoms with E-state index in [2.05, 4.69) is 65.2 Å². The van der Waals surface area contributed by atoms with Crippen molar-refractivity contribution in [1.82, 2.24) is 19.7 Å². The van der Waals surface area contributed by atoms with E-state index >= 15 is 0 Å². The number of rotatable bonds is 3. The summed E-state index contributed by atoms with van der Waals surface area (Å²) in [7, 11) is -1.51. The average molecular weight is 540 g/mol. The zero-order chi connectivity index (χ0) is 17.6. The van der Waals surface area contributed by atoms with Crippen LogP contribution in [0.15, 0.2) is 47.1 Å². The van der Waals surface area contributed by atoms with Gasteiger partial charge >= 0.3 is 0 Å². The van der Waals surface area contributed by atoms with Gasteiger partial charge in [-0.1, -0.05) is 37.8 Å². The molecule has 0 fully saturated rings. The first-order valence-corrected chi connectivity index (χ1v) is 11.7. The van der Waals surface area contributed by atoms with E-state index in [1.807, 2.05) is 23.6 Å². The number of nitrogens with zero attached hydrogens (tertiary/aromatic N) is 4. The molecule has 0 bridgehead atoms. The Bertz CT molecular complexity index is 1060. The van der Waals surface area contributed by atoms with E-state index in [1.54, 1.807) is 6.33 Å². The van der Waals surface area contributed by atoms with Gasteiger partial charge in [0, 0.05) is 38.2 Å². The van der Waals surface area contributed by atoms with Gasteiger partial charge in [0.05, 0.1) is 19.5 Å². The van der Waals surface area contributed by atoms with Gasteiger partial charge in [0.1, 0.15) is 6.33 Å². The summed E-state index contributed by atoms with van der Waals surface area (Å²) in [6.07, 6.45) is 1.76. The molecule has 4 rings (SSSR count). The van der Waals surface area contributed by atoms with Crippen molar-refractivity contribution in [1.29, 1.82) is 0 Å². The molecule has 2 heterocycles. The van der Waals surface area contributed by atoms with Crippen LogP contribution < -0.4 is 5.19 Å². The molecule has 7 heteroatoms. The Morgan fingerprint density at radius 2 is 1.92 bits per heavy atom. The molecule has 0 aliphatic carbocycles. The third-order valence-electron chi connectivity index (χ3n) is 4.19. The summed E-state index contributed by atoms with van der Waals surface area (Å²) in [5, 5.41) is 9.86. The van der Waals surface area contributed by atoms with E-state index in [0.717, 1.165) is 28.2 Å². The number of oxazole rings is 1. The minimum Gasteiger partial charge on any atom is -0.488 e. The minimum atomic E-state index is -1.51. The Morgan fingerprint density at radius 1 is 1.15 bits per heavy atom. The number of aryl methyl sites for hydroxylation is 1. The fourth-order valence-corrected chi connectivity index (χ4v) is 4.60. The summed E-state index contributed by atoms with van der Waals surface area (Å²) < 4.78 is 7.58. The van der Waals surface area contributed by atoms with Gasteiger partial charge in [0.2, 0.25) is 0 Å². The molecule has 0 unspecified atom stereocenters. The molecule has 1 radical (unpaired) electrons. The van der Waals surface area contributed by atoms with Crippen molar-refractivity contribution in [2.75, 3.05) is 0 Å². The molecule has 0 spiro atoms. The molecular formula is C19H19IrN4OSi-. The fourth-order valence-electron chi connectivity index (χ4n) is 3.03. The van der Waals surface area contributed by atoms with E-state index in [4.69, 9.17) is 4.42 Å². The second-order valence-corrected chi connectivity index (χ2v) is 12.2. The molecule has 0 atom stereocenters. The smallest absolute Gasteiger partial charge is 0.180 e. The molecule has 5 nitrogen and oxygen atoms in total. The van der Waals surface area contributed by atoms with Gasteiger partial charge in [-0.25, -0.2) is 4.98 Å². The largest absolute Gasteiger partial charge is 0.488 e. The van der Waals surface area contributed by atoms with Crippen LogP contribution in [0.25, 0.3) is 28.2 Å². The van der Waals surface area contributed by atoms with Gasteiger partial charge in [0.25, 0.3) is 0 Å². The van der Waals surface area contributed by atoms with Gasteiger partial charge in [-0.05, 0) is 11.3 Å². The molecule has 0 amide bonds. The quantitative estimate of drug-likeness (QED) is 0.294. The maximum Gasteiger partial charge on any atom is 0.180 e. The Morgan fingerprint density at radius 3 is 2.69 bits per heavy atom. The zero-order valence-corrected chi connectivity index (χ0v) is 18.5. The first-order valence-electron chi connectivity index (χ1n) is 8.22. The van der Waals surface area contributed by atoms with Gasteiger partial charge in [-0.15, -0.1) is 28.9 Å². The van der Waals surface area contributed by atoms with E-state index in [1.165, 1.54) is 5.19 Å².